The van der Waals surface area contributed by atoms with Crippen LogP contribution in [0.15, 0.2) is 33.9 Å². The minimum atomic E-state index is -0.0414. The van der Waals surface area contributed by atoms with Gasteiger partial charge in [-0.1, -0.05) is 42.4 Å². The average molecular weight is 339 g/mol. The fourth-order valence-electron chi connectivity index (χ4n) is 1.98. The van der Waals surface area contributed by atoms with E-state index in [0.29, 0.717) is 10.2 Å². The molecule has 2 aromatic rings. The topological polar surface area (TPSA) is 55.1 Å². The first kappa shape index (κ1) is 16.9. The molecule has 0 bridgehead atoms. The highest BCUT2D eigenvalue weighted by atomic mass is 35.5. The molecule has 1 unspecified atom stereocenters. The van der Waals surface area contributed by atoms with E-state index in [0.717, 1.165) is 23.4 Å². The van der Waals surface area contributed by atoms with Crippen LogP contribution in [0.5, 0.6) is 0 Å². The molecule has 0 saturated carbocycles. The zero-order valence-corrected chi connectivity index (χ0v) is 14.4. The summed E-state index contributed by atoms with van der Waals surface area (Å²) in [5.74, 6) is 1.03. The number of rotatable bonds is 6. The molecule has 0 aliphatic heterocycles. The number of thioether (sulfide) groups is 1. The predicted octanol–water partition coefficient (Wildman–Crippen LogP) is 4.30. The standard InChI is InChI=1S/C16H19ClN2O2S/c1-4-14(12-5-7-13(17)8-6-12)19-15(20)9-22-16-18-10(2)11(3)21-16/h5-8,14H,4,9H2,1-3H3,(H,19,20). The summed E-state index contributed by atoms with van der Waals surface area (Å²) in [5, 5.41) is 4.24. The Labute approximate surface area is 139 Å². The third-order valence-corrected chi connectivity index (χ3v) is 4.43. The van der Waals surface area contributed by atoms with Gasteiger partial charge >= 0.3 is 0 Å². The number of amides is 1. The van der Waals surface area contributed by atoms with Crippen molar-refractivity contribution in [2.75, 3.05) is 5.75 Å². The quantitative estimate of drug-likeness (QED) is 0.798. The average Bonchev–Trinajstić information content (AvgIpc) is 2.82. The number of benzene rings is 1. The zero-order valence-electron chi connectivity index (χ0n) is 12.9. The van der Waals surface area contributed by atoms with Gasteiger partial charge in [0.1, 0.15) is 5.76 Å². The molecule has 2 rings (SSSR count). The smallest absolute Gasteiger partial charge is 0.256 e. The van der Waals surface area contributed by atoms with Crippen LogP contribution in [-0.4, -0.2) is 16.6 Å². The largest absolute Gasteiger partial charge is 0.437 e. The Kier molecular flexibility index (Phi) is 5.91. The minimum absolute atomic E-state index is 0.0154. The highest BCUT2D eigenvalue weighted by Gasteiger charge is 2.14. The number of oxazole rings is 1. The Morgan fingerprint density at radius 3 is 2.59 bits per heavy atom. The van der Waals surface area contributed by atoms with Gasteiger partial charge in [0.2, 0.25) is 5.91 Å². The molecule has 0 saturated heterocycles. The van der Waals surface area contributed by atoms with Crippen LogP contribution in [0, 0.1) is 13.8 Å². The van der Waals surface area contributed by atoms with Gasteiger partial charge in [-0.3, -0.25) is 4.79 Å². The summed E-state index contributed by atoms with van der Waals surface area (Å²) in [6.07, 6.45) is 0.815. The molecular formula is C16H19ClN2O2S. The Morgan fingerprint density at radius 1 is 1.36 bits per heavy atom. The van der Waals surface area contributed by atoms with E-state index in [1.54, 1.807) is 0 Å². The lowest BCUT2D eigenvalue weighted by atomic mass is 10.0. The van der Waals surface area contributed by atoms with Crippen molar-refractivity contribution in [1.82, 2.24) is 10.3 Å². The molecule has 1 aromatic heterocycles. The molecule has 1 heterocycles. The molecule has 22 heavy (non-hydrogen) atoms. The normalized spacial score (nSPS) is 12.2. The van der Waals surface area contributed by atoms with Gasteiger partial charge in [0.15, 0.2) is 0 Å². The Bertz CT molecular complexity index is 621. The molecule has 4 nitrogen and oxygen atoms in total. The van der Waals surface area contributed by atoms with Crippen molar-refractivity contribution in [3.8, 4) is 0 Å². The van der Waals surface area contributed by atoms with Crippen LogP contribution in [0.25, 0.3) is 0 Å². The summed E-state index contributed by atoms with van der Waals surface area (Å²) < 4.78 is 5.45. The van der Waals surface area contributed by atoms with E-state index in [1.165, 1.54) is 11.8 Å². The van der Waals surface area contributed by atoms with E-state index in [4.69, 9.17) is 16.0 Å². The van der Waals surface area contributed by atoms with Gasteiger partial charge in [-0.05, 0) is 38.0 Å². The van der Waals surface area contributed by atoms with Crippen molar-refractivity contribution in [2.24, 2.45) is 0 Å². The van der Waals surface area contributed by atoms with E-state index in [-0.39, 0.29) is 17.7 Å². The summed E-state index contributed by atoms with van der Waals surface area (Å²) >= 11 is 7.19. The van der Waals surface area contributed by atoms with Gasteiger partial charge in [0.25, 0.3) is 5.22 Å². The van der Waals surface area contributed by atoms with Crippen LogP contribution < -0.4 is 5.32 Å². The first-order valence-electron chi connectivity index (χ1n) is 7.11. The van der Waals surface area contributed by atoms with Crippen molar-refractivity contribution in [3.05, 3.63) is 46.3 Å². The van der Waals surface area contributed by atoms with Gasteiger partial charge in [-0.25, -0.2) is 4.98 Å². The first-order valence-corrected chi connectivity index (χ1v) is 8.47. The monoisotopic (exact) mass is 338 g/mol. The highest BCUT2D eigenvalue weighted by Crippen LogP contribution is 2.22. The van der Waals surface area contributed by atoms with Crippen LogP contribution in [0.4, 0.5) is 0 Å². The molecule has 6 heteroatoms. The number of hydrogen-bond acceptors (Lipinski definition) is 4. The second kappa shape index (κ2) is 7.70. The lowest BCUT2D eigenvalue weighted by Crippen LogP contribution is -2.29. The lowest BCUT2D eigenvalue weighted by molar-refractivity contribution is -0.119. The summed E-state index contributed by atoms with van der Waals surface area (Å²) in [4.78, 5) is 16.3. The van der Waals surface area contributed by atoms with Crippen LogP contribution in [0.2, 0.25) is 5.02 Å². The number of hydrogen-bond donors (Lipinski definition) is 1. The van der Waals surface area contributed by atoms with Crippen molar-refractivity contribution in [2.45, 2.75) is 38.5 Å². The summed E-state index contributed by atoms with van der Waals surface area (Å²) in [6.45, 7) is 5.78. The van der Waals surface area contributed by atoms with E-state index in [9.17, 15) is 4.79 Å². The summed E-state index contributed by atoms with van der Waals surface area (Å²) in [6, 6.07) is 7.52. The van der Waals surface area contributed by atoms with E-state index in [1.807, 2.05) is 45.0 Å². The van der Waals surface area contributed by atoms with Crippen molar-refractivity contribution < 1.29 is 9.21 Å². The number of carbonyl (C=O) groups excluding carboxylic acids is 1. The van der Waals surface area contributed by atoms with E-state index in [2.05, 4.69) is 10.3 Å². The van der Waals surface area contributed by atoms with Gasteiger partial charge < -0.3 is 9.73 Å². The highest BCUT2D eigenvalue weighted by molar-refractivity contribution is 7.99. The SMILES string of the molecule is CCC(NC(=O)CSc1nc(C)c(C)o1)c1ccc(Cl)cc1. The number of carbonyl (C=O) groups is 1. The lowest BCUT2D eigenvalue weighted by Gasteiger charge is -2.17. The molecule has 1 aromatic carbocycles. The van der Waals surface area contributed by atoms with Gasteiger partial charge in [0.05, 0.1) is 17.5 Å². The number of aromatic nitrogens is 1. The molecule has 0 aliphatic carbocycles. The number of nitrogens with zero attached hydrogens (tertiary/aromatic N) is 1. The maximum Gasteiger partial charge on any atom is 0.256 e. The second-order valence-electron chi connectivity index (χ2n) is 4.99. The molecule has 0 spiro atoms. The van der Waals surface area contributed by atoms with Crippen LogP contribution in [0.1, 0.15) is 36.4 Å². The fraction of sp³-hybridized carbons (Fsp3) is 0.375. The second-order valence-corrected chi connectivity index (χ2v) is 6.35. The predicted molar refractivity (Wildman–Crippen MR) is 89.3 cm³/mol. The maximum absolute atomic E-state index is 12.1. The van der Waals surface area contributed by atoms with Crippen LogP contribution in [0.3, 0.4) is 0 Å². The van der Waals surface area contributed by atoms with E-state index >= 15 is 0 Å². The Morgan fingerprint density at radius 2 is 2.05 bits per heavy atom. The molecule has 1 amide bonds. The van der Waals surface area contributed by atoms with Crippen molar-refractivity contribution >= 4 is 29.3 Å². The number of aryl methyl sites for hydroxylation is 2. The third-order valence-electron chi connectivity index (χ3n) is 3.35. The third kappa shape index (κ3) is 4.52. The molecule has 0 fully saturated rings. The number of nitrogens with one attached hydrogen (secondary N) is 1. The van der Waals surface area contributed by atoms with Crippen LogP contribution >= 0.6 is 23.4 Å². The Hall–Kier alpha value is -1.46. The first-order chi connectivity index (χ1) is 10.5. The van der Waals surface area contributed by atoms with Gasteiger partial charge in [-0.2, -0.15) is 0 Å². The van der Waals surface area contributed by atoms with Crippen LogP contribution in [-0.2, 0) is 4.79 Å². The maximum atomic E-state index is 12.1. The zero-order chi connectivity index (χ0) is 16.1. The minimum Gasteiger partial charge on any atom is -0.437 e. The summed E-state index contributed by atoms with van der Waals surface area (Å²) in [5.41, 5.74) is 1.91. The molecule has 0 radical (unpaired) electrons. The molecule has 1 atom stereocenters. The molecular weight excluding hydrogens is 320 g/mol. The molecule has 118 valence electrons. The van der Waals surface area contributed by atoms with Crippen molar-refractivity contribution in [1.29, 1.82) is 0 Å². The van der Waals surface area contributed by atoms with Gasteiger partial charge in [-0.15, -0.1) is 0 Å². The molecule has 1 N–H and O–H groups in total. The number of halogens is 1. The summed E-state index contributed by atoms with van der Waals surface area (Å²) in [7, 11) is 0. The van der Waals surface area contributed by atoms with Crippen molar-refractivity contribution in [3.63, 3.8) is 0 Å². The fourth-order valence-corrected chi connectivity index (χ4v) is 2.83. The van der Waals surface area contributed by atoms with E-state index < -0.39 is 0 Å². The van der Waals surface area contributed by atoms with Gasteiger partial charge in [0, 0.05) is 5.02 Å². The molecule has 0 aliphatic rings. The Balaban J connectivity index is 1.90.